The van der Waals surface area contributed by atoms with Gasteiger partial charge in [-0.05, 0) is 50.4 Å². The molecule has 1 N–H and O–H groups in total. The van der Waals surface area contributed by atoms with E-state index in [-0.39, 0.29) is 12.9 Å². The lowest BCUT2D eigenvalue weighted by Gasteiger charge is -2.22. The van der Waals surface area contributed by atoms with E-state index in [1.54, 1.807) is 0 Å². The molecule has 3 heteroatoms. The highest BCUT2D eigenvalue weighted by Gasteiger charge is 2.13. The Balaban J connectivity index is 1.77. The summed E-state index contributed by atoms with van der Waals surface area (Å²) in [4.78, 5) is 0. The first-order valence-corrected chi connectivity index (χ1v) is 9.73. The van der Waals surface area contributed by atoms with Crippen LogP contribution in [0.5, 0.6) is 0 Å². The SMILES string of the molecule is OCCCC#CC#CCCCCCCCCCOC1CCCCO1. The summed E-state index contributed by atoms with van der Waals surface area (Å²) in [6.45, 7) is 1.93. The fourth-order valence-corrected chi connectivity index (χ4v) is 2.64. The van der Waals surface area contributed by atoms with Gasteiger partial charge in [-0.1, -0.05) is 43.9 Å². The van der Waals surface area contributed by atoms with Gasteiger partial charge in [-0.25, -0.2) is 0 Å². The summed E-state index contributed by atoms with van der Waals surface area (Å²) in [7, 11) is 0. The van der Waals surface area contributed by atoms with E-state index < -0.39 is 0 Å². The van der Waals surface area contributed by atoms with Gasteiger partial charge in [0.05, 0.1) is 0 Å². The lowest BCUT2D eigenvalue weighted by Crippen LogP contribution is -2.22. The molecule has 1 saturated heterocycles. The molecule has 1 atom stereocenters. The molecule has 0 aromatic rings. The first-order chi connectivity index (χ1) is 11.9. The van der Waals surface area contributed by atoms with Crippen molar-refractivity contribution in [2.75, 3.05) is 19.8 Å². The molecule has 0 aromatic heterocycles. The molecular weight excluding hydrogens is 300 g/mol. The maximum Gasteiger partial charge on any atom is 0.157 e. The number of aliphatic hydroxyl groups is 1. The molecule has 0 radical (unpaired) electrons. The zero-order valence-electron chi connectivity index (χ0n) is 15.2. The van der Waals surface area contributed by atoms with E-state index >= 15 is 0 Å². The van der Waals surface area contributed by atoms with E-state index in [1.165, 1.54) is 51.4 Å². The molecular formula is C21H34O3. The molecule has 1 heterocycles. The highest BCUT2D eigenvalue weighted by molar-refractivity contribution is 5.25. The van der Waals surface area contributed by atoms with Crippen molar-refractivity contribution < 1.29 is 14.6 Å². The lowest BCUT2D eigenvalue weighted by molar-refractivity contribution is -0.162. The minimum Gasteiger partial charge on any atom is -0.396 e. The van der Waals surface area contributed by atoms with Crippen molar-refractivity contribution >= 4 is 0 Å². The van der Waals surface area contributed by atoms with Crippen LogP contribution in [0.15, 0.2) is 0 Å². The minimum atomic E-state index is 0.0687. The van der Waals surface area contributed by atoms with Crippen LogP contribution in [0.2, 0.25) is 0 Å². The van der Waals surface area contributed by atoms with Crippen LogP contribution in [0.3, 0.4) is 0 Å². The number of hydrogen-bond acceptors (Lipinski definition) is 3. The summed E-state index contributed by atoms with van der Waals surface area (Å²) in [6.07, 6.45) is 14.8. The molecule has 136 valence electrons. The standard InChI is InChI=1S/C21H34O3/c22-18-14-11-9-7-5-3-1-2-4-6-8-10-12-15-19-23-21-17-13-16-20-24-21/h21-22H,1-2,4,6,8,10-20H2. The maximum atomic E-state index is 8.61. The summed E-state index contributed by atoms with van der Waals surface area (Å²) in [5.41, 5.74) is 0. The van der Waals surface area contributed by atoms with Gasteiger partial charge in [0.25, 0.3) is 0 Å². The number of unbranched alkanes of at least 4 members (excludes halogenated alkanes) is 8. The predicted molar refractivity (Wildman–Crippen MR) is 98.4 cm³/mol. The smallest absolute Gasteiger partial charge is 0.157 e. The summed E-state index contributed by atoms with van der Waals surface area (Å²) >= 11 is 0. The van der Waals surface area contributed by atoms with Crippen LogP contribution in [0.4, 0.5) is 0 Å². The van der Waals surface area contributed by atoms with Gasteiger partial charge in [-0.3, -0.25) is 0 Å². The fraction of sp³-hybridized carbons (Fsp3) is 0.810. The van der Waals surface area contributed by atoms with Crippen LogP contribution in [-0.2, 0) is 9.47 Å². The first kappa shape index (κ1) is 21.0. The Bertz CT molecular complexity index is 391. The largest absolute Gasteiger partial charge is 0.396 e. The Morgan fingerprint density at radius 1 is 0.833 bits per heavy atom. The Hall–Kier alpha value is -1.00. The second kappa shape index (κ2) is 16.8. The Morgan fingerprint density at radius 3 is 2.17 bits per heavy atom. The molecule has 0 spiro atoms. The molecule has 3 nitrogen and oxygen atoms in total. The average molecular weight is 335 g/mol. The second-order valence-electron chi connectivity index (χ2n) is 6.32. The van der Waals surface area contributed by atoms with Gasteiger partial charge in [0.2, 0.25) is 0 Å². The van der Waals surface area contributed by atoms with Crippen molar-refractivity contribution in [3.8, 4) is 23.7 Å². The van der Waals surface area contributed by atoms with Crippen molar-refractivity contribution in [3.05, 3.63) is 0 Å². The van der Waals surface area contributed by atoms with E-state index in [0.717, 1.165) is 45.3 Å². The van der Waals surface area contributed by atoms with Gasteiger partial charge in [0.15, 0.2) is 6.29 Å². The van der Waals surface area contributed by atoms with Gasteiger partial charge in [-0.2, -0.15) is 0 Å². The van der Waals surface area contributed by atoms with E-state index in [0.29, 0.717) is 0 Å². The Labute approximate surface area is 148 Å². The van der Waals surface area contributed by atoms with Crippen LogP contribution in [0.1, 0.15) is 83.5 Å². The van der Waals surface area contributed by atoms with Gasteiger partial charge < -0.3 is 14.6 Å². The molecule has 1 aliphatic rings. The maximum absolute atomic E-state index is 8.61. The average Bonchev–Trinajstić information content (AvgIpc) is 2.62. The van der Waals surface area contributed by atoms with Gasteiger partial charge >= 0.3 is 0 Å². The van der Waals surface area contributed by atoms with Crippen LogP contribution in [0, 0.1) is 23.7 Å². The topological polar surface area (TPSA) is 38.7 Å². The summed E-state index contributed by atoms with van der Waals surface area (Å²) in [5, 5.41) is 8.61. The summed E-state index contributed by atoms with van der Waals surface area (Å²) in [6, 6.07) is 0. The Kier molecular flexibility index (Phi) is 14.8. The predicted octanol–water partition coefficient (Wildman–Crippen LogP) is 4.43. The van der Waals surface area contributed by atoms with Gasteiger partial charge in [-0.15, -0.1) is 0 Å². The first-order valence-electron chi connectivity index (χ1n) is 9.73. The third-order valence-corrected chi connectivity index (χ3v) is 4.09. The van der Waals surface area contributed by atoms with Crippen molar-refractivity contribution in [1.82, 2.24) is 0 Å². The second-order valence-corrected chi connectivity index (χ2v) is 6.32. The molecule has 1 rings (SSSR count). The van der Waals surface area contributed by atoms with Crippen LogP contribution in [-0.4, -0.2) is 31.2 Å². The molecule has 24 heavy (non-hydrogen) atoms. The molecule has 0 aliphatic carbocycles. The van der Waals surface area contributed by atoms with Gasteiger partial charge in [0, 0.05) is 32.7 Å². The zero-order valence-corrected chi connectivity index (χ0v) is 15.2. The Morgan fingerprint density at radius 2 is 1.50 bits per heavy atom. The van der Waals surface area contributed by atoms with E-state index in [2.05, 4.69) is 23.7 Å². The van der Waals surface area contributed by atoms with Crippen LogP contribution < -0.4 is 0 Å². The minimum absolute atomic E-state index is 0.0687. The molecule has 1 unspecified atom stereocenters. The molecule has 0 aromatic carbocycles. The van der Waals surface area contributed by atoms with Crippen LogP contribution >= 0.6 is 0 Å². The van der Waals surface area contributed by atoms with Crippen molar-refractivity contribution in [2.24, 2.45) is 0 Å². The fourth-order valence-electron chi connectivity index (χ4n) is 2.64. The van der Waals surface area contributed by atoms with Crippen molar-refractivity contribution in [1.29, 1.82) is 0 Å². The zero-order chi connectivity index (χ0) is 17.1. The quantitative estimate of drug-likeness (QED) is 0.424. The third kappa shape index (κ3) is 13.4. The molecule has 0 saturated carbocycles. The molecule has 1 aliphatic heterocycles. The summed E-state index contributed by atoms with van der Waals surface area (Å²) in [5.74, 6) is 11.7. The van der Waals surface area contributed by atoms with E-state index in [4.69, 9.17) is 14.6 Å². The van der Waals surface area contributed by atoms with Crippen molar-refractivity contribution in [2.45, 2.75) is 89.8 Å². The highest BCUT2D eigenvalue weighted by Crippen LogP contribution is 2.14. The normalized spacial score (nSPS) is 16.8. The summed E-state index contributed by atoms with van der Waals surface area (Å²) < 4.78 is 11.3. The van der Waals surface area contributed by atoms with Crippen molar-refractivity contribution in [3.63, 3.8) is 0 Å². The lowest BCUT2D eigenvalue weighted by atomic mass is 10.1. The highest BCUT2D eigenvalue weighted by atomic mass is 16.7. The molecule has 0 amide bonds. The van der Waals surface area contributed by atoms with E-state index in [1.807, 2.05) is 0 Å². The number of aliphatic hydroxyl groups excluding tert-OH is 1. The number of hydrogen-bond donors (Lipinski definition) is 1. The van der Waals surface area contributed by atoms with Gasteiger partial charge in [0.1, 0.15) is 0 Å². The van der Waals surface area contributed by atoms with Crippen LogP contribution in [0.25, 0.3) is 0 Å². The molecule has 0 bridgehead atoms. The third-order valence-electron chi connectivity index (χ3n) is 4.09. The number of ether oxygens (including phenoxy) is 2. The van der Waals surface area contributed by atoms with E-state index in [9.17, 15) is 0 Å². The molecule has 1 fully saturated rings. The monoisotopic (exact) mass is 334 g/mol. The number of rotatable bonds is 12.